The number of hydrogen-bond donors (Lipinski definition) is 5. The van der Waals surface area contributed by atoms with Gasteiger partial charge in [0.1, 0.15) is 24.4 Å². The first-order valence-corrected chi connectivity index (χ1v) is 5.14. The standard InChI is InChI=1S/C6H12O6.C4H6O3/c7-1-3(9)5(11)6(12)4(10)2-8;1-3(5)7-4(2)6/h1,3-6,8-12H,2H2;1-2H3. The van der Waals surface area contributed by atoms with Crippen molar-refractivity contribution in [1.29, 1.82) is 0 Å². The third kappa shape index (κ3) is 10.2. The molecule has 0 aliphatic carbocycles. The highest BCUT2D eigenvalue weighted by Crippen LogP contribution is 2.02. The van der Waals surface area contributed by atoms with E-state index in [9.17, 15) is 14.4 Å². The molecule has 9 nitrogen and oxygen atoms in total. The molecule has 0 aromatic rings. The lowest BCUT2D eigenvalue weighted by atomic mass is 10.0. The number of aliphatic hydroxyl groups is 5. The molecule has 0 fully saturated rings. The quantitative estimate of drug-likeness (QED) is 0.198. The van der Waals surface area contributed by atoms with Crippen molar-refractivity contribution in [2.24, 2.45) is 0 Å². The molecule has 9 heteroatoms. The molecule has 19 heavy (non-hydrogen) atoms. The van der Waals surface area contributed by atoms with Gasteiger partial charge in [-0.1, -0.05) is 0 Å². The number of esters is 2. The van der Waals surface area contributed by atoms with E-state index < -0.39 is 43.0 Å². The molecule has 4 unspecified atom stereocenters. The predicted molar refractivity (Wildman–Crippen MR) is 59.6 cm³/mol. The summed E-state index contributed by atoms with van der Waals surface area (Å²) >= 11 is 0. The topological polar surface area (TPSA) is 162 Å². The average Bonchev–Trinajstić information content (AvgIpc) is 2.34. The lowest BCUT2D eigenvalue weighted by molar-refractivity contribution is -0.156. The van der Waals surface area contributed by atoms with Gasteiger partial charge >= 0.3 is 11.9 Å². The molecule has 4 atom stereocenters. The Kier molecular flexibility index (Phi) is 11.0. The van der Waals surface area contributed by atoms with Gasteiger partial charge in [-0.15, -0.1) is 0 Å². The Morgan fingerprint density at radius 1 is 1.05 bits per heavy atom. The number of aldehydes is 1. The van der Waals surface area contributed by atoms with Gasteiger partial charge in [-0.05, 0) is 0 Å². The Labute approximate surface area is 109 Å². The van der Waals surface area contributed by atoms with E-state index in [-0.39, 0.29) is 6.29 Å². The molecule has 0 amide bonds. The zero-order valence-corrected chi connectivity index (χ0v) is 10.5. The molecule has 0 spiro atoms. The van der Waals surface area contributed by atoms with Crippen molar-refractivity contribution in [2.75, 3.05) is 6.61 Å². The summed E-state index contributed by atoms with van der Waals surface area (Å²) in [4.78, 5) is 29.5. The zero-order valence-electron chi connectivity index (χ0n) is 10.5. The first kappa shape index (κ1) is 19.9. The highest BCUT2D eigenvalue weighted by atomic mass is 16.6. The van der Waals surface area contributed by atoms with E-state index in [1.54, 1.807) is 0 Å². The van der Waals surface area contributed by atoms with Crippen molar-refractivity contribution < 1.29 is 44.7 Å². The van der Waals surface area contributed by atoms with Crippen molar-refractivity contribution in [3.63, 3.8) is 0 Å². The maximum absolute atomic E-state index is 9.90. The van der Waals surface area contributed by atoms with Gasteiger partial charge in [0.05, 0.1) is 6.61 Å². The molecule has 5 N–H and O–H groups in total. The van der Waals surface area contributed by atoms with Gasteiger partial charge in [0, 0.05) is 13.8 Å². The number of carbonyl (C=O) groups is 3. The van der Waals surface area contributed by atoms with E-state index in [4.69, 9.17) is 25.5 Å². The average molecular weight is 282 g/mol. The smallest absolute Gasteiger partial charge is 0.310 e. The van der Waals surface area contributed by atoms with Crippen LogP contribution in [-0.2, 0) is 19.1 Å². The van der Waals surface area contributed by atoms with E-state index in [1.807, 2.05) is 0 Å². The van der Waals surface area contributed by atoms with Crippen LogP contribution >= 0.6 is 0 Å². The van der Waals surface area contributed by atoms with Gasteiger partial charge in [0.2, 0.25) is 0 Å². The summed E-state index contributed by atoms with van der Waals surface area (Å²) < 4.78 is 3.97. The summed E-state index contributed by atoms with van der Waals surface area (Å²) in [7, 11) is 0. The molecule has 0 rings (SSSR count). The van der Waals surface area contributed by atoms with Crippen LogP contribution in [0.3, 0.4) is 0 Å². The first-order chi connectivity index (χ1) is 8.67. The Balaban J connectivity index is 0. The Hall–Kier alpha value is -1.39. The van der Waals surface area contributed by atoms with Crippen molar-refractivity contribution in [3.05, 3.63) is 0 Å². The van der Waals surface area contributed by atoms with Crippen molar-refractivity contribution in [2.45, 2.75) is 38.3 Å². The summed E-state index contributed by atoms with van der Waals surface area (Å²) in [6.07, 6.45) is -6.84. The van der Waals surface area contributed by atoms with Gasteiger partial charge in [-0.25, -0.2) is 0 Å². The number of hydrogen-bond acceptors (Lipinski definition) is 9. The lowest BCUT2D eigenvalue weighted by Gasteiger charge is -2.22. The minimum absolute atomic E-state index is 0.0258. The van der Waals surface area contributed by atoms with Gasteiger partial charge in [-0.2, -0.15) is 0 Å². The Morgan fingerprint density at radius 2 is 1.47 bits per heavy atom. The molecule has 0 saturated carbocycles. The SMILES string of the molecule is CC(=O)OC(C)=O.O=CC(O)C(O)C(O)C(O)CO. The fourth-order valence-corrected chi connectivity index (χ4v) is 0.821. The molecule has 0 saturated heterocycles. The van der Waals surface area contributed by atoms with Crippen LogP contribution in [0.4, 0.5) is 0 Å². The predicted octanol–water partition coefficient (Wildman–Crippen LogP) is -3.28. The van der Waals surface area contributed by atoms with Gasteiger partial charge in [0.25, 0.3) is 0 Å². The van der Waals surface area contributed by atoms with Crippen LogP contribution in [0.5, 0.6) is 0 Å². The summed E-state index contributed by atoms with van der Waals surface area (Å²) in [5, 5.41) is 43.5. The maximum atomic E-state index is 9.90. The van der Waals surface area contributed by atoms with Crippen LogP contribution in [0.25, 0.3) is 0 Å². The van der Waals surface area contributed by atoms with Crippen LogP contribution in [0.1, 0.15) is 13.8 Å². The number of rotatable bonds is 5. The van der Waals surface area contributed by atoms with E-state index in [0.29, 0.717) is 0 Å². The third-order valence-corrected chi connectivity index (χ3v) is 1.71. The fraction of sp³-hybridized carbons (Fsp3) is 0.700. The summed E-state index contributed by atoms with van der Waals surface area (Å²) in [5.41, 5.74) is 0. The van der Waals surface area contributed by atoms with Crippen LogP contribution in [0.15, 0.2) is 0 Å². The second-order valence-electron chi connectivity index (χ2n) is 3.44. The Bertz CT molecular complexity index is 279. The van der Waals surface area contributed by atoms with E-state index in [0.717, 1.165) is 0 Å². The number of ether oxygens (including phenoxy) is 1. The molecule has 0 aromatic heterocycles. The highest BCUT2D eigenvalue weighted by molar-refractivity contribution is 5.82. The van der Waals surface area contributed by atoms with Gasteiger partial charge < -0.3 is 35.1 Å². The summed E-state index contributed by atoms with van der Waals surface area (Å²) in [6.45, 7) is 1.60. The first-order valence-electron chi connectivity index (χ1n) is 5.14. The molecule has 0 aliphatic heterocycles. The maximum Gasteiger partial charge on any atom is 0.310 e. The van der Waals surface area contributed by atoms with Gasteiger partial charge in [-0.3, -0.25) is 9.59 Å². The molecular weight excluding hydrogens is 264 g/mol. The second-order valence-corrected chi connectivity index (χ2v) is 3.44. The molecule has 0 radical (unpaired) electrons. The van der Waals surface area contributed by atoms with Crippen molar-refractivity contribution in [3.8, 4) is 0 Å². The molecule has 0 aromatic carbocycles. The summed E-state index contributed by atoms with van der Waals surface area (Å²) in [6, 6.07) is 0. The monoisotopic (exact) mass is 282 g/mol. The van der Waals surface area contributed by atoms with Crippen LogP contribution in [0.2, 0.25) is 0 Å². The minimum Gasteiger partial charge on any atom is -0.394 e. The third-order valence-electron chi connectivity index (χ3n) is 1.71. The second kappa shape index (κ2) is 10.5. The summed E-state index contributed by atoms with van der Waals surface area (Å²) in [5.74, 6) is -1.12. The van der Waals surface area contributed by atoms with E-state index >= 15 is 0 Å². The number of aliphatic hydroxyl groups excluding tert-OH is 5. The van der Waals surface area contributed by atoms with Crippen LogP contribution in [-0.4, -0.2) is 74.8 Å². The molecular formula is C10H18O9. The largest absolute Gasteiger partial charge is 0.394 e. The minimum atomic E-state index is -1.79. The molecule has 0 aliphatic rings. The molecule has 0 bridgehead atoms. The van der Waals surface area contributed by atoms with Crippen LogP contribution < -0.4 is 0 Å². The highest BCUT2D eigenvalue weighted by Gasteiger charge is 2.29. The normalized spacial score (nSPS) is 16.2. The Morgan fingerprint density at radius 3 is 1.68 bits per heavy atom. The van der Waals surface area contributed by atoms with Gasteiger partial charge in [0.15, 0.2) is 6.29 Å². The van der Waals surface area contributed by atoms with Crippen LogP contribution in [0, 0.1) is 0 Å². The fourth-order valence-electron chi connectivity index (χ4n) is 0.821. The zero-order chi connectivity index (χ0) is 15.6. The van der Waals surface area contributed by atoms with E-state index in [1.165, 1.54) is 13.8 Å². The molecule has 0 heterocycles. The molecule has 112 valence electrons. The number of carbonyl (C=O) groups excluding carboxylic acids is 3. The van der Waals surface area contributed by atoms with Crippen molar-refractivity contribution >= 4 is 18.2 Å². The van der Waals surface area contributed by atoms with E-state index in [2.05, 4.69) is 4.74 Å². The lowest BCUT2D eigenvalue weighted by Crippen LogP contribution is -2.46. The van der Waals surface area contributed by atoms with Crippen molar-refractivity contribution in [1.82, 2.24) is 0 Å².